The Hall–Kier alpha value is -2.66. The molecule has 1 spiro atoms. The van der Waals surface area contributed by atoms with Crippen molar-refractivity contribution in [2.45, 2.75) is 44.2 Å². The van der Waals surface area contributed by atoms with E-state index in [4.69, 9.17) is 0 Å². The smallest absolute Gasteiger partial charge is 0.250 e. The van der Waals surface area contributed by atoms with Crippen LogP contribution in [-0.4, -0.2) is 35.8 Å². The van der Waals surface area contributed by atoms with E-state index < -0.39 is 5.54 Å². The van der Waals surface area contributed by atoms with Crippen molar-refractivity contribution in [3.05, 3.63) is 65.2 Å². The first kappa shape index (κ1) is 18.4. The van der Waals surface area contributed by atoms with Gasteiger partial charge < -0.3 is 10.6 Å². The first-order valence-electron chi connectivity index (χ1n) is 10.6. The average molecular weight is 389 g/mol. The summed E-state index contributed by atoms with van der Waals surface area (Å²) in [5.74, 6) is -0.394. The van der Waals surface area contributed by atoms with Crippen molar-refractivity contribution < 1.29 is 9.59 Å². The van der Waals surface area contributed by atoms with E-state index >= 15 is 0 Å². The molecule has 3 aliphatic rings. The van der Waals surface area contributed by atoms with Crippen molar-refractivity contribution in [1.82, 2.24) is 10.2 Å². The summed E-state index contributed by atoms with van der Waals surface area (Å²) >= 11 is 0. The maximum absolute atomic E-state index is 13.3. The lowest BCUT2D eigenvalue weighted by atomic mass is 9.78. The topological polar surface area (TPSA) is 61.4 Å². The lowest BCUT2D eigenvalue weighted by molar-refractivity contribution is -0.137. The summed E-state index contributed by atoms with van der Waals surface area (Å²) in [6, 6.07) is 16.5. The molecule has 29 heavy (non-hydrogen) atoms. The van der Waals surface area contributed by atoms with Gasteiger partial charge in [0.25, 0.3) is 0 Å². The highest BCUT2D eigenvalue weighted by Gasteiger charge is 2.65. The number of benzene rings is 2. The Labute approximate surface area is 171 Å². The van der Waals surface area contributed by atoms with Gasteiger partial charge in [-0.2, -0.15) is 0 Å². The number of rotatable bonds is 4. The number of hydrogen-bond donors (Lipinski definition) is 2. The molecule has 2 fully saturated rings. The van der Waals surface area contributed by atoms with Crippen LogP contribution in [0.3, 0.4) is 0 Å². The molecule has 2 aromatic carbocycles. The van der Waals surface area contributed by atoms with Gasteiger partial charge >= 0.3 is 0 Å². The van der Waals surface area contributed by atoms with Gasteiger partial charge in [0.2, 0.25) is 11.8 Å². The number of para-hydroxylation sites is 1. The third kappa shape index (κ3) is 2.79. The van der Waals surface area contributed by atoms with Gasteiger partial charge in [0.15, 0.2) is 0 Å². The van der Waals surface area contributed by atoms with Gasteiger partial charge in [0, 0.05) is 23.8 Å². The third-order valence-corrected chi connectivity index (χ3v) is 6.89. The van der Waals surface area contributed by atoms with Gasteiger partial charge in [0.05, 0.1) is 5.92 Å². The van der Waals surface area contributed by atoms with E-state index in [9.17, 15) is 9.59 Å². The summed E-state index contributed by atoms with van der Waals surface area (Å²) < 4.78 is 0. The highest BCUT2D eigenvalue weighted by Crippen LogP contribution is 2.55. The number of nitrogens with one attached hydrogen (secondary N) is 2. The lowest BCUT2D eigenvalue weighted by Crippen LogP contribution is -2.54. The van der Waals surface area contributed by atoms with Gasteiger partial charge in [-0.15, -0.1) is 0 Å². The van der Waals surface area contributed by atoms with Gasteiger partial charge in [-0.3, -0.25) is 14.5 Å². The van der Waals surface area contributed by atoms with E-state index in [1.165, 1.54) is 11.1 Å². The number of aryl methyl sites for hydroxylation is 1. The summed E-state index contributed by atoms with van der Waals surface area (Å²) in [5.41, 5.74) is 3.40. The molecule has 0 radical (unpaired) electrons. The van der Waals surface area contributed by atoms with Crippen molar-refractivity contribution in [3.8, 4) is 0 Å². The number of anilines is 1. The number of carbonyl (C=O) groups is 2. The van der Waals surface area contributed by atoms with Crippen molar-refractivity contribution in [1.29, 1.82) is 0 Å². The van der Waals surface area contributed by atoms with Gasteiger partial charge in [-0.25, -0.2) is 0 Å². The molecule has 2 amide bonds. The number of carbonyl (C=O) groups excluding carboxylic acids is 2. The minimum atomic E-state index is -0.856. The molecule has 2 aromatic rings. The fourth-order valence-corrected chi connectivity index (χ4v) is 5.70. The number of hydrogen-bond acceptors (Lipinski definition) is 3. The monoisotopic (exact) mass is 389 g/mol. The van der Waals surface area contributed by atoms with E-state index in [1.807, 2.05) is 30.3 Å². The quantitative estimate of drug-likeness (QED) is 0.845. The zero-order chi connectivity index (χ0) is 20.0. The Morgan fingerprint density at radius 1 is 1.24 bits per heavy atom. The Morgan fingerprint density at radius 3 is 2.97 bits per heavy atom. The van der Waals surface area contributed by atoms with Crippen LogP contribution < -0.4 is 10.6 Å². The van der Waals surface area contributed by atoms with Crippen LogP contribution >= 0.6 is 0 Å². The van der Waals surface area contributed by atoms with Gasteiger partial charge in [0.1, 0.15) is 5.54 Å². The van der Waals surface area contributed by atoms with Crippen LogP contribution in [0.2, 0.25) is 0 Å². The molecule has 5 rings (SSSR count). The largest absolute Gasteiger partial charge is 0.355 e. The minimum absolute atomic E-state index is 0.00101. The van der Waals surface area contributed by atoms with Crippen LogP contribution in [0.1, 0.15) is 36.0 Å². The van der Waals surface area contributed by atoms with Crippen molar-refractivity contribution in [3.63, 3.8) is 0 Å². The van der Waals surface area contributed by atoms with Crippen molar-refractivity contribution in [2.24, 2.45) is 5.92 Å². The molecule has 150 valence electrons. The standard InChI is InChI=1S/C24H27N3O2/c1-16-6-4-7-17(14-16)11-12-25-22(28)20-15-18-8-5-13-27(18)24(20)19-9-2-3-10-21(19)26-23(24)29/h2-4,6-7,9-10,14,18,20H,5,8,11-13,15H2,1H3,(H,25,28)(H,26,29)/t18-,20-,24+/m1/s1. The summed E-state index contributed by atoms with van der Waals surface area (Å²) in [5, 5.41) is 6.19. The highest BCUT2D eigenvalue weighted by atomic mass is 16.2. The van der Waals surface area contributed by atoms with Gasteiger partial charge in [-0.05, 0) is 50.8 Å². The van der Waals surface area contributed by atoms with Gasteiger partial charge in [-0.1, -0.05) is 48.0 Å². The van der Waals surface area contributed by atoms with Crippen molar-refractivity contribution in [2.75, 3.05) is 18.4 Å². The second-order valence-electron chi connectivity index (χ2n) is 8.57. The maximum Gasteiger partial charge on any atom is 0.250 e. The summed E-state index contributed by atoms with van der Waals surface area (Å²) in [6.07, 6.45) is 3.69. The predicted molar refractivity (Wildman–Crippen MR) is 112 cm³/mol. The summed E-state index contributed by atoms with van der Waals surface area (Å²) in [4.78, 5) is 28.9. The molecule has 0 unspecified atom stereocenters. The fraction of sp³-hybridized carbons (Fsp3) is 0.417. The minimum Gasteiger partial charge on any atom is -0.355 e. The van der Waals surface area contributed by atoms with Crippen LogP contribution in [0.25, 0.3) is 0 Å². The SMILES string of the molecule is Cc1cccc(CCNC(=O)[C@H]2C[C@H]3CCCN3[C@]23C(=O)Nc2ccccc23)c1. The molecule has 3 aliphatic heterocycles. The number of amides is 2. The predicted octanol–water partition coefficient (Wildman–Crippen LogP) is 2.99. The summed E-state index contributed by atoms with van der Waals surface area (Å²) in [7, 11) is 0. The van der Waals surface area contributed by atoms with Crippen molar-refractivity contribution >= 4 is 17.5 Å². The third-order valence-electron chi connectivity index (χ3n) is 6.89. The van der Waals surface area contributed by atoms with Crippen LogP contribution in [0.5, 0.6) is 0 Å². The Kier molecular flexibility index (Phi) is 4.43. The molecule has 2 N–H and O–H groups in total. The zero-order valence-corrected chi connectivity index (χ0v) is 16.8. The first-order chi connectivity index (χ1) is 14.1. The number of fused-ring (bicyclic) bond motifs is 4. The van der Waals surface area contributed by atoms with E-state index in [0.717, 1.165) is 43.5 Å². The molecule has 0 bridgehead atoms. The molecule has 5 nitrogen and oxygen atoms in total. The molecular formula is C24H27N3O2. The molecule has 5 heteroatoms. The van der Waals surface area contributed by atoms with Crippen LogP contribution in [0, 0.1) is 12.8 Å². The Balaban J connectivity index is 1.40. The Bertz CT molecular complexity index is 972. The normalized spacial score (nSPS) is 27.7. The molecule has 0 aliphatic carbocycles. The summed E-state index contributed by atoms with van der Waals surface area (Å²) in [6.45, 7) is 3.54. The second kappa shape index (κ2) is 6.99. The Morgan fingerprint density at radius 2 is 2.10 bits per heavy atom. The number of nitrogens with zero attached hydrogens (tertiary/aromatic N) is 1. The lowest BCUT2D eigenvalue weighted by Gasteiger charge is -2.36. The average Bonchev–Trinajstić information content (AvgIpc) is 3.36. The molecule has 2 saturated heterocycles. The van der Waals surface area contributed by atoms with Crippen LogP contribution in [-0.2, 0) is 21.5 Å². The maximum atomic E-state index is 13.3. The molecule has 3 atom stereocenters. The van der Waals surface area contributed by atoms with Crippen LogP contribution in [0.15, 0.2) is 48.5 Å². The molecular weight excluding hydrogens is 362 g/mol. The molecule has 3 heterocycles. The first-order valence-corrected chi connectivity index (χ1v) is 10.6. The van der Waals surface area contributed by atoms with E-state index in [2.05, 4.69) is 40.7 Å². The second-order valence-corrected chi connectivity index (χ2v) is 8.57. The molecule has 0 aromatic heterocycles. The molecule has 0 saturated carbocycles. The van der Waals surface area contributed by atoms with E-state index in [1.54, 1.807) is 0 Å². The highest BCUT2D eigenvalue weighted by molar-refractivity contribution is 6.09. The van der Waals surface area contributed by atoms with E-state index in [0.29, 0.717) is 12.6 Å². The zero-order valence-electron chi connectivity index (χ0n) is 16.8. The van der Waals surface area contributed by atoms with Crippen LogP contribution in [0.4, 0.5) is 5.69 Å². The van der Waals surface area contributed by atoms with E-state index in [-0.39, 0.29) is 17.7 Å². The fourth-order valence-electron chi connectivity index (χ4n) is 5.70.